The van der Waals surface area contributed by atoms with Gasteiger partial charge in [0.15, 0.2) is 0 Å². The predicted molar refractivity (Wildman–Crippen MR) is 80.2 cm³/mol. The van der Waals surface area contributed by atoms with Crippen molar-refractivity contribution in [1.82, 2.24) is 5.32 Å². The lowest BCUT2D eigenvalue weighted by atomic mass is 10.0. The van der Waals surface area contributed by atoms with Crippen LogP contribution in [0.25, 0.3) is 0 Å². The van der Waals surface area contributed by atoms with Gasteiger partial charge in [0.25, 0.3) is 0 Å². The number of hydrogen-bond acceptors (Lipinski definition) is 3. The smallest absolute Gasteiger partial charge is 0.223 e. The number of rotatable bonds is 7. The summed E-state index contributed by atoms with van der Waals surface area (Å²) in [6.45, 7) is 6.02. The molecule has 1 unspecified atom stereocenters. The van der Waals surface area contributed by atoms with Gasteiger partial charge in [0.05, 0.1) is 20.3 Å². The molecular weight excluding hydrogens is 254 g/mol. The van der Waals surface area contributed by atoms with Gasteiger partial charge in [-0.25, -0.2) is 0 Å². The highest BCUT2D eigenvalue weighted by Gasteiger charge is 2.19. The molecule has 0 bridgehead atoms. The summed E-state index contributed by atoms with van der Waals surface area (Å²) >= 11 is 0. The highest BCUT2D eigenvalue weighted by molar-refractivity contribution is 5.79. The van der Waals surface area contributed by atoms with Crippen LogP contribution in [0.2, 0.25) is 0 Å². The van der Waals surface area contributed by atoms with Crippen LogP contribution < -0.4 is 14.8 Å². The molecule has 0 aliphatic rings. The number of methoxy groups -OCH3 is 2. The van der Waals surface area contributed by atoms with E-state index in [9.17, 15) is 4.79 Å². The second-order valence-corrected chi connectivity index (χ2v) is 4.85. The number of carbonyl (C=O) groups is 1. The fraction of sp³-hybridized carbons (Fsp3) is 0.562. The minimum atomic E-state index is -0.117. The van der Waals surface area contributed by atoms with Crippen molar-refractivity contribution in [3.63, 3.8) is 0 Å². The summed E-state index contributed by atoms with van der Waals surface area (Å²) in [5.74, 6) is 1.66. The lowest BCUT2D eigenvalue weighted by Crippen LogP contribution is -2.32. The molecule has 4 heteroatoms. The average molecular weight is 279 g/mol. The second kappa shape index (κ2) is 7.78. The van der Waals surface area contributed by atoms with Crippen LogP contribution >= 0.6 is 0 Å². The molecule has 0 aliphatic carbocycles. The zero-order valence-corrected chi connectivity index (χ0v) is 13.0. The van der Waals surface area contributed by atoms with Gasteiger partial charge in [-0.05, 0) is 38.0 Å². The van der Waals surface area contributed by atoms with Crippen molar-refractivity contribution >= 4 is 5.91 Å². The lowest BCUT2D eigenvalue weighted by Gasteiger charge is -2.21. The average Bonchev–Trinajstić information content (AvgIpc) is 2.47. The van der Waals surface area contributed by atoms with E-state index >= 15 is 0 Å². The summed E-state index contributed by atoms with van der Waals surface area (Å²) in [5.41, 5.74) is 0.922. The van der Waals surface area contributed by atoms with E-state index in [1.54, 1.807) is 14.2 Å². The third-order valence-electron chi connectivity index (χ3n) is 3.62. The first-order valence-corrected chi connectivity index (χ1v) is 7.09. The molecular formula is C16H25NO3. The van der Waals surface area contributed by atoms with Gasteiger partial charge in [0, 0.05) is 11.5 Å². The second-order valence-electron chi connectivity index (χ2n) is 4.85. The zero-order chi connectivity index (χ0) is 15.1. The molecule has 4 nitrogen and oxygen atoms in total. The molecule has 0 saturated carbocycles. The summed E-state index contributed by atoms with van der Waals surface area (Å²) in [7, 11) is 3.25. The SMILES string of the molecule is CCC(CC)C(=O)NC(C)c1cc(OC)ccc1OC. The Hall–Kier alpha value is -1.71. The summed E-state index contributed by atoms with van der Waals surface area (Å²) in [6, 6.07) is 5.48. The Labute approximate surface area is 121 Å². The first-order valence-electron chi connectivity index (χ1n) is 7.09. The Morgan fingerprint density at radius 1 is 1.20 bits per heavy atom. The van der Waals surface area contributed by atoms with Gasteiger partial charge in [-0.3, -0.25) is 4.79 Å². The van der Waals surface area contributed by atoms with E-state index in [-0.39, 0.29) is 17.9 Å². The van der Waals surface area contributed by atoms with E-state index < -0.39 is 0 Å². The standard InChI is InChI=1S/C16H25NO3/c1-6-12(7-2)16(18)17-11(3)14-10-13(19-4)8-9-15(14)20-5/h8-12H,6-7H2,1-5H3,(H,17,18). The molecule has 1 amide bonds. The van der Waals surface area contributed by atoms with Gasteiger partial charge in [0.1, 0.15) is 11.5 Å². The molecule has 0 radical (unpaired) electrons. The molecule has 0 fully saturated rings. The van der Waals surface area contributed by atoms with Gasteiger partial charge in [-0.2, -0.15) is 0 Å². The zero-order valence-electron chi connectivity index (χ0n) is 13.0. The molecule has 112 valence electrons. The topological polar surface area (TPSA) is 47.6 Å². The third kappa shape index (κ3) is 3.89. The number of hydrogen-bond donors (Lipinski definition) is 1. The lowest BCUT2D eigenvalue weighted by molar-refractivity contribution is -0.125. The molecule has 0 heterocycles. The van der Waals surface area contributed by atoms with Crippen LogP contribution in [0.3, 0.4) is 0 Å². The van der Waals surface area contributed by atoms with E-state index in [1.807, 2.05) is 39.0 Å². The first kappa shape index (κ1) is 16.3. The van der Waals surface area contributed by atoms with Crippen LogP contribution in [-0.2, 0) is 4.79 Å². The van der Waals surface area contributed by atoms with Crippen molar-refractivity contribution in [3.05, 3.63) is 23.8 Å². The van der Waals surface area contributed by atoms with Gasteiger partial charge < -0.3 is 14.8 Å². The van der Waals surface area contributed by atoms with Gasteiger partial charge in [-0.1, -0.05) is 13.8 Å². The summed E-state index contributed by atoms with van der Waals surface area (Å²) in [5, 5.41) is 3.05. The van der Waals surface area contributed by atoms with Crippen LogP contribution in [0.1, 0.15) is 45.2 Å². The Kier molecular flexibility index (Phi) is 6.36. The van der Waals surface area contributed by atoms with E-state index in [0.29, 0.717) is 0 Å². The number of nitrogens with one attached hydrogen (secondary N) is 1. The fourth-order valence-corrected chi connectivity index (χ4v) is 2.25. The molecule has 0 aliphatic heterocycles. The molecule has 1 N–H and O–H groups in total. The van der Waals surface area contributed by atoms with E-state index in [4.69, 9.17) is 9.47 Å². The van der Waals surface area contributed by atoms with Crippen molar-refractivity contribution in [1.29, 1.82) is 0 Å². The van der Waals surface area contributed by atoms with Crippen molar-refractivity contribution in [2.45, 2.75) is 39.7 Å². The van der Waals surface area contributed by atoms with Gasteiger partial charge in [-0.15, -0.1) is 0 Å². The third-order valence-corrected chi connectivity index (χ3v) is 3.62. The Balaban J connectivity index is 2.90. The van der Waals surface area contributed by atoms with Crippen LogP contribution in [0.15, 0.2) is 18.2 Å². The number of amides is 1. The van der Waals surface area contributed by atoms with E-state index in [2.05, 4.69) is 5.32 Å². The van der Waals surface area contributed by atoms with Crippen molar-refractivity contribution in [3.8, 4) is 11.5 Å². The van der Waals surface area contributed by atoms with Crippen LogP contribution in [0, 0.1) is 5.92 Å². The Morgan fingerprint density at radius 2 is 1.85 bits per heavy atom. The Morgan fingerprint density at radius 3 is 2.35 bits per heavy atom. The molecule has 0 saturated heterocycles. The molecule has 1 atom stereocenters. The minimum Gasteiger partial charge on any atom is -0.497 e. The maximum absolute atomic E-state index is 12.2. The van der Waals surface area contributed by atoms with Gasteiger partial charge >= 0.3 is 0 Å². The predicted octanol–water partition coefficient (Wildman–Crippen LogP) is 3.32. The van der Waals surface area contributed by atoms with E-state index in [1.165, 1.54) is 0 Å². The highest BCUT2D eigenvalue weighted by atomic mass is 16.5. The van der Waals surface area contributed by atoms with Crippen LogP contribution in [-0.4, -0.2) is 20.1 Å². The number of benzene rings is 1. The monoisotopic (exact) mass is 279 g/mol. The number of ether oxygens (including phenoxy) is 2. The summed E-state index contributed by atoms with van der Waals surface area (Å²) in [6.07, 6.45) is 1.70. The van der Waals surface area contributed by atoms with Gasteiger partial charge in [0.2, 0.25) is 5.91 Å². The highest BCUT2D eigenvalue weighted by Crippen LogP contribution is 2.29. The van der Waals surface area contributed by atoms with Crippen LogP contribution in [0.4, 0.5) is 0 Å². The van der Waals surface area contributed by atoms with Crippen molar-refractivity contribution in [2.75, 3.05) is 14.2 Å². The summed E-state index contributed by atoms with van der Waals surface area (Å²) in [4.78, 5) is 12.2. The molecule has 1 rings (SSSR count). The maximum atomic E-state index is 12.2. The Bertz CT molecular complexity index is 441. The molecule has 0 spiro atoms. The minimum absolute atomic E-state index is 0.0639. The van der Waals surface area contributed by atoms with Crippen LogP contribution in [0.5, 0.6) is 11.5 Å². The van der Waals surface area contributed by atoms with Crippen molar-refractivity contribution in [2.24, 2.45) is 5.92 Å². The molecule has 1 aromatic rings. The normalized spacial score (nSPS) is 12.1. The van der Waals surface area contributed by atoms with Crippen molar-refractivity contribution < 1.29 is 14.3 Å². The molecule has 1 aromatic carbocycles. The first-order chi connectivity index (χ1) is 9.57. The largest absolute Gasteiger partial charge is 0.497 e. The fourth-order valence-electron chi connectivity index (χ4n) is 2.25. The number of carbonyl (C=O) groups excluding carboxylic acids is 1. The maximum Gasteiger partial charge on any atom is 0.223 e. The summed E-state index contributed by atoms with van der Waals surface area (Å²) < 4.78 is 10.6. The molecule has 20 heavy (non-hydrogen) atoms. The molecule has 0 aromatic heterocycles. The van der Waals surface area contributed by atoms with E-state index in [0.717, 1.165) is 29.9 Å². The quantitative estimate of drug-likeness (QED) is 0.833.